The number of aromatic carboxylic acids is 1. The van der Waals surface area contributed by atoms with Crippen molar-refractivity contribution in [3.05, 3.63) is 40.8 Å². The summed E-state index contributed by atoms with van der Waals surface area (Å²) in [5.41, 5.74) is 0.0942. The van der Waals surface area contributed by atoms with Gasteiger partial charge in [-0.15, -0.1) is 0 Å². The first-order valence-corrected chi connectivity index (χ1v) is 4.44. The van der Waals surface area contributed by atoms with E-state index in [4.69, 9.17) is 16.7 Å². The van der Waals surface area contributed by atoms with Crippen molar-refractivity contribution < 1.29 is 14.3 Å². The van der Waals surface area contributed by atoms with Gasteiger partial charge in [0.1, 0.15) is 5.52 Å². The Morgan fingerprint density at radius 3 is 2.87 bits per heavy atom. The molecule has 1 aromatic heterocycles. The minimum Gasteiger partial charge on any atom is -0.478 e. The Kier molecular flexibility index (Phi) is 2.28. The summed E-state index contributed by atoms with van der Waals surface area (Å²) in [4.78, 5) is 14.4. The molecule has 0 aliphatic rings. The number of fused-ring (bicyclic) bond motifs is 1. The number of carboxylic acid groups (broad SMARTS) is 1. The molecule has 15 heavy (non-hydrogen) atoms. The lowest BCUT2D eigenvalue weighted by molar-refractivity contribution is 0.0696. The fourth-order valence-electron chi connectivity index (χ4n) is 1.26. The molecule has 0 fully saturated rings. The third kappa shape index (κ3) is 1.64. The molecule has 0 aliphatic heterocycles. The monoisotopic (exact) mass is 225 g/mol. The first-order valence-electron chi connectivity index (χ1n) is 4.06. The Bertz CT molecular complexity index is 556. The van der Waals surface area contributed by atoms with Gasteiger partial charge in [-0.1, -0.05) is 17.7 Å². The summed E-state index contributed by atoms with van der Waals surface area (Å²) in [6, 6.07) is 4.25. The Morgan fingerprint density at radius 1 is 1.47 bits per heavy atom. The van der Waals surface area contributed by atoms with E-state index in [9.17, 15) is 9.18 Å². The first kappa shape index (κ1) is 9.86. The molecule has 2 aromatic rings. The highest BCUT2D eigenvalue weighted by Crippen LogP contribution is 2.23. The number of nitrogens with zero attached hydrogens (tertiary/aromatic N) is 1. The number of halogens is 2. The average molecular weight is 226 g/mol. The Morgan fingerprint density at radius 2 is 2.20 bits per heavy atom. The number of carboxylic acids is 1. The van der Waals surface area contributed by atoms with Crippen LogP contribution < -0.4 is 0 Å². The number of benzene rings is 1. The fraction of sp³-hybridized carbons (Fsp3) is 0. The second-order valence-electron chi connectivity index (χ2n) is 2.96. The minimum absolute atomic E-state index is 0.0178. The molecular formula is C10H5ClFNO2. The van der Waals surface area contributed by atoms with E-state index < -0.39 is 11.8 Å². The number of pyridine rings is 1. The molecule has 0 radical (unpaired) electrons. The van der Waals surface area contributed by atoms with Gasteiger partial charge in [0.15, 0.2) is 5.82 Å². The summed E-state index contributed by atoms with van der Waals surface area (Å²) < 4.78 is 13.4. The van der Waals surface area contributed by atoms with Crippen LogP contribution in [0.2, 0.25) is 5.02 Å². The largest absolute Gasteiger partial charge is 0.478 e. The van der Waals surface area contributed by atoms with Gasteiger partial charge in [-0.25, -0.2) is 9.18 Å². The zero-order valence-electron chi connectivity index (χ0n) is 7.37. The van der Waals surface area contributed by atoms with Gasteiger partial charge in [-0.05, 0) is 12.1 Å². The van der Waals surface area contributed by atoms with Crippen LogP contribution in [0.5, 0.6) is 0 Å². The fourth-order valence-corrected chi connectivity index (χ4v) is 1.41. The molecule has 3 nitrogen and oxygen atoms in total. The standard InChI is InChI=1S/C10H5ClFNO2/c11-7-2-1-5-3-6(10(14)15)4-13-9(5)8(7)12/h1-4H,(H,14,15). The lowest BCUT2D eigenvalue weighted by Crippen LogP contribution is -1.97. The molecule has 1 aromatic carbocycles. The van der Waals surface area contributed by atoms with Gasteiger partial charge in [0, 0.05) is 11.6 Å². The van der Waals surface area contributed by atoms with Gasteiger partial charge in [0.05, 0.1) is 10.6 Å². The third-order valence-electron chi connectivity index (χ3n) is 1.99. The molecule has 0 aliphatic carbocycles. The SMILES string of the molecule is O=C(O)c1cnc2c(F)c(Cl)ccc2c1. The molecule has 1 N–H and O–H groups in total. The predicted molar refractivity (Wildman–Crippen MR) is 53.7 cm³/mol. The molecule has 0 atom stereocenters. The molecule has 0 saturated carbocycles. The lowest BCUT2D eigenvalue weighted by Gasteiger charge is -2.01. The second-order valence-corrected chi connectivity index (χ2v) is 3.37. The molecule has 5 heteroatoms. The van der Waals surface area contributed by atoms with Crippen LogP contribution in [0.1, 0.15) is 10.4 Å². The van der Waals surface area contributed by atoms with Crippen molar-refractivity contribution in [3.8, 4) is 0 Å². The highest BCUT2D eigenvalue weighted by molar-refractivity contribution is 6.31. The Hall–Kier alpha value is -1.68. The highest BCUT2D eigenvalue weighted by atomic mass is 35.5. The number of hydrogen-bond donors (Lipinski definition) is 1. The van der Waals surface area contributed by atoms with Gasteiger partial charge in [0.25, 0.3) is 0 Å². The van der Waals surface area contributed by atoms with E-state index in [0.29, 0.717) is 5.39 Å². The molecule has 0 amide bonds. The van der Waals surface area contributed by atoms with Crippen molar-refractivity contribution in [2.75, 3.05) is 0 Å². The van der Waals surface area contributed by atoms with E-state index in [1.54, 1.807) is 0 Å². The van der Waals surface area contributed by atoms with E-state index in [-0.39, 0.29) is 16.1 Å². The predicted octanol–water partition coefficient (Wildman–Crippen LogP) is 2.73. The maximum atomic E-state index is 13.4. The molecule has 1 heterocycles. The lowest BCUT2D eigenvalue weighted by atomic mass is 10.1. The van der Waals surface area contributed by atoms with Gasteiger partial charge in [-0.3, -0.25) is 4.98 Å². The van der Waals surface area contributed by atoms with Crippen LogP contribution >= 0.6 is 11.6 Å². The second kappa shape index (κ2) is 3.47. The number of carbonyl (C=O) groups is 1. The van der Waals surface area contributed by atoms with E-state index in [1.807, 2.05) is 0 Å². The molecule has 0 spiro atoms. The van der Waals surface area contributed by atoms with Gasteiger partial charge < -0.3 is 5.11 Å². The summed E-state index contributed by atoms with van der Waals surface area (Å²) in [6.45, 7) is 0. The number of aromatic nitrogens is 1. The van der Waals surface area contributed by atoms with E-state index >= 15 is 0 Å². The number of rotatable bonds is 1. The maximum Gasteiger partial charge on any atom is 0.337 e. The van der Waals surface area contributed by atoms with Crippen LogP contribution in [-0.4, -0.2) is 16.1 Å². The summed E-state index contributed by atoms with van der Waals surface area (Å²) in [7, 11) is 0. The third-order valence-corrected chi connectivity index (χ3v) is 2.28. The molecule has 76 valence electrons. The minimum atomic E-state index is -1.10. The smallest absolute Gasteiger partial charge is 0.337 e. The van der Waals surface area contributed by atoms with Gasteiger partial charge in [0.2, 0.25) is 0 Å². The quantitative estimate of drug-likeness (QED) is 0.812. The van der Waals surface area contributed by atoms with Crippen LogP contribution in [0.3, 0.4) is 0 Å². The maximum absolute atomic E-state index is 13.4. The van der Waals surface area contributed by atoms with Gasteiger partial charge >= 0.3 is 5.97 Å². The topological polar surface area (TPSA) is 50.2 Å². The molecule has 2 rings (SSSR count). The summed E-state index contributed by atoms with van der Waals surface area (Å²) in [6.07, 6.45) is 1.10. The van der Waals surface area contributed by atoms with Crippen molar-refractivity contribution in [1.29, 1.82) is 0 Å². The summed E-state index contributed by atoms with van der Waals surface area (Å²) >= 11 is 5.56. The Balaban J connectivity index is 2.75. The summed E-state index contributed by atoms with van der Waals surface area (Å²) in [5.74, 6) is -1.73. The first-order chi connectivity index (χ1) is 7.09. The molecule has 0 saturated heterocycles. The van der Waals surface area contributed by atoms with Crippen LogP contribution in [0.25, 0.3) is 10.9 Å². The number of hydrogen-bond acceptors (Lipinski definition) is 2. The van der Waals surface area contributed by atoms with Crippen LogP contribution in [-0.2, 0) is 0 Å². The average Bonchev–Trinajstić information content (AvgIpc) is 2.23. The normalized spacial score (nSPS) is 10.5. The summed E-state index contributed by atoms with van der Waals surface area (Å²) in [5, 5.41) is 9.09. The van der Waals surface area contributed by atoms with Crippen molar-refractivity contribution in [2.24, 2.45) is 0 Å². The van der Waals surface area contributed by atoms with E-state index in [0.717, 1.165) is 6.20 Å². The van der Waals surface area contributed by atoms with Crippen LogP contribution in [0, 0.1) is 5.82 Å². The van der Waals surface area contributed by atoms with Crippen molar-refractivity contribution >= 4 is 28.5 Å². The molecule has 0 unspecified atom stereocenters. The Labute approximate surface area is 89.1 Å². The highest BCUT2D eigenvalue weighted by Gasteiger charge is 2.09. The zero-order chi connectivity index (χ0) is 11.0. The van der Waals surface area contributed by atoms with Crippen LogP contribution in [0.4, 0.5) is 4.39 Å². The van der Waals surface area contributed by atoms with E-state index in [2.05, 4.69) is 4.98 Å². The van der Waals surface area contributed by atoms with E-state index in [1.165, 1.54) is 18.2 Å². The molecule has 0 bridgehead atoms. The van der Waals surface area contributed by atoms with Crippen molar-refractivity contribution in [1.82, 2.24) is 4.98 Å². The zero-order valence-corrected chi connectivity index (χ0v) is 8.12. The molecular weight excluding hydrogens is 221 g/mol. The van der Waals surface area contributed by atoms with Crippen molar-refractivity contribution in [2.45, 2.75) is 0 Å². The van der Waals surface area contributed by atoms with Gasteiger partial charge in [-0.2, -0.15) is 0 Å². The van der Waals surface area contributed by atoms with Crippen molar-refractivity contribution in [3.63, 3.8) is 0 Å². The van der Waals surface area contributed by atoms with Crippen LogP contribution in [0.15, 0.2) is 24.4 Å².